The maximum absolute atomic E-state index is 12.2. The molecule has 1 amide bonds. The summed E-state index contributed by atoms with van der Waals surface area (Å²) in [6.07, 6.45) is -5.10. The van der Waals surface area contributed by atoms with Gasteiger partial charge >= 0.3 is 13.7 Å². The molecule has 0 aromatic carbocycles. The van der Waals surface area contributed by atoms with Crippen LogP contribution in [-0.2, 0) is 14.0 Å². The standard InChI is InChI=1S/C19H33N4O9P/c1-19(2,3)32-18(27)22-7-4-11(5-8-22)23-10-12(20-21-23)17-16(26)15(25)14(24)13(31-17)6-9-33(28,29)30/h10-11,13-17,24-26H,4-9H2,1-3H3,(H2,28,29,30)/t13-,14-,15+,16+,17-/m1/s1. The minimum absolute atomic E-state index is 0.0494. The third-order valence-corrected chi connectivity index (χ3v) is 6.57. The normalized spacial score (nSPS) is 29.8. The Labute approximate surface area is 191 Å². The molecular weight excluding hydrogens is 459 g/mol. The fourth-order valence-electron chi connectivity index (χ4n) is 3.97. The van der Waals surface area contributed by atoms with Crippen molar-refractivity contribution >= 4 is 13.7 Å². The van der Waals surface area contributed by atoms with Gasteiger partial charge in [-0.05, 0) is 40.0 Å². The summed E-state index contributed by atoms with van der Waals surface area (Å²) >= 11 is 0. The molecule has 0 saturated carbocycles. The largest absolute Gasteiger partial charge is 0.444 e. The van der Waals surface area contributed by atoms with Gasteiger partial charge in [-0.2, -0.15) is 0 Å². The first-order valence-electron chi connectivity index (χ1n) is 10.9. The summed E-state index contributed by atoms with van der Waals surface area (Å²) in [5.41, 5.74) is -0.346. The zero-order chi connectivity index (χ0) is 24.6. The molecule has 1 aromatic heterocycles. The molecule has 13 nitrogen and oxygen atoms in total. The van der Waals surface area contributed by atoms with Crippen LogP contribution in [-0.4, -0.2) is 100 Å². The van der Waals surface area contributed by atoms with Crippen molar-refractivity contribution in [2.75, 3.05) is 19.3 Å². The Hall–Kier alpha value is -1.60. The number of aliphatic hydroxyl groups is 3. The second kappa shape index (κ2) is 9.95. The molecule has 3 rings (SSSR count). The van der Waals surface area contributed by atoms with Crippen LogP contribution in [0.1, 0.15) is 57.9 Å². The van der Waals surface area contributed by atoms with Crippen LogP contribution in [0.4, 0.5) is 4.79 Å². The molecule has 2 aliphatic heterocycles. The Balaban J connectivity index is 1.63. The lowest BCUT2D eigenvalue weighted by Gasteiger charge is -2.40. The van der Waals surface area contributed by atoms with Gasteiger partial charge in [0.2, 0.25) is 0 Å². The molecular formula is C19H33N4O9P. The van der Waals surface area contributed by atoms with Gasteiger partial charge in [0.05, 0.1) is 24.5 Å². The van der Waals surface area contributed by atoms with Crippen molar-refractivity contribution in [3.63, 3.8) is 0 Å². The average Bonchev–Trinajstić information content (AvgIpc) is 3.19. The molecule has 5 atom stereocenters. The van der Waals surface area contributed by atoms with Crippen molar-refractivity contribution in [1.82, 2.24) is 19.9 Å². The smallest absolute Gasteiger partial charge is 0.410 e. The number of hydrogen-bond acceptors (Lipinski definition) is 9. The van der Waals surface area contributed by atoms with Gasteiger partial charge in [-0.3, -0.25) is 4.57 Å². The molecule has 2 fully saturated rings. The van der Waals surface area contributed by atoms with Crippen LogP contribution in [0.5, 0.6) is 0 Å². The number of piperidine rings is 1. The molecule has 0 spiro atoms. The molecule has 33 heavy (non-hydrogen) atoms. The maximum atomic E-state index is 12.2. The Bertz CT molecular complexity index is 862. The van der Waals surface area contributed by atoms with E-state index in [2.05, 4.69) is 10.3 Å². The van der Waals surface area contributed by atoms with Crippen LogP contribution in [0.2, 0.25) is 0 Å². The molecule has 2 aliphatic rings. The SMILES string of the molecule is CC(C)(C)OC(=O)N1CCC(n2cc([C@H]3O[C@H](CCP(=O)(O)O)[C@@H](O)[C@H](O)[C@@H]3O)nn2)CC1. The number of rotatable bonds is 5. The summed E-state index contributed by atoms with van der Waals surface area (Å²) in [6.45, 7) is 6.38. The van der Waals surface area contributed by atoms with E-state index in [4.69, 9.17) is 19.3 Å². The monoisotopic (exact) mass is 492 g/mol. The van der Waals surface area contributed by atoms with E-state index in [0.717, 1.165) is 0 Å². The van der Waals surface area contributed by atoms with E-state index in [1.54, 1.807) is 15.8 Å². The average molecular weight is 492 g/mol. The van der Waals surface area contributed by atoms with E-state index in [1.807, 2.05) is 20.8 Å². The highest BCUT2D eigenvalue weighted by molar-refractivity contribution is 7.51. The van der Waals surface area contributed by atoms with Crippen LogP contribution in [0.15, 0.2) is 6.20 Å². The van der Waals surface area contributed by atoms with Gasteiger partial charge in [-0.1, -0.05) is 5.21 Å². The Morgan fingerprint density at radius 3 is 2.39 bits per heavy atom. The first-order chi connectivity index (χ1) is 15.2. The minimum Gasteiger partial charge on any atom is -0.444 e. The number of amides is 1. The van der Waals surface area contributed by atoms with Gasteiger partial charge in [0.25, 0.3) is 0 Å². The quantitative estimate of drug-likeness (QED) is 0.346. The molecule has 14 heteroatoms. The Kier molecular flexibility index (Phi) is 7.84. The van der Waals surface area contributed by atoms with Crippen molar-refractivity contribution in [1.29, 1.82) is 0 Å². The van der Waals surface area contributed by atoms with Gasteiger partial charge in [0.1, 0.15) is 35.7 Å². The second-order valence-corrected chi connectivity index (χ2v) is 11.3. The van der Waals surface area contributed by atoms with E-state index in [-0.39, 0.29) is 24.2 Å². The molecule has 1 aromatic rings. The predicted octanol–water partition coefficient (Wildman–Crippen LogP) is -0.0595. The minimum atomic E-state index is -4.33. The van der Waals surface area contributed by atoms with Gasteiger partial charge < -0.3 is 39.5 Å². The Morgan fingerprint density at radius 2 is 1.82 bits per heavy atom. The van der Waals surface area contributed by atoms with Gasteiger partial charge in [-0.25, -0.2) is 9.48 Å². The predicted molar refractivity (Wildman–Crippen MR) is 113 cm³/mol. The third-order valence-electron chi connectivity index (χ3n) is 5.73. The van der Waals surface area contributed by atoms with Crippen LogP contribution in [0.3, 0.4) is 0 Å². The van der Waals surface area contributed by atoms with Crippen LogP contribution in [0, 0.1) is 0 Å². The number of nitrogens with zero attached hydrogens (tertiary/aromatic N) is 4. The van der Waals surface area contributed by atoms with Crippen molar-refractivity contribution in [2.45, 2.75) is 82.2 Å². The molecule has 188 valence electrons. The van der Waals surface area contributed by atoms with E-state index in [1.165, 1.54) is 0 Å². The summed E-state index contributed by atoms with van der Waals surface area (Å²) in [7, 11) is -4.33. The number of likely N-dealkylation sites (tertiary alicyclic amines) is 1. The molecule has 3 heterocycles. The van der Waals surface area contributed by atoms with Crippen molar-refractivity contribution in [3.8, 4) is 0 Å². The second-order valence-electron chi connectivity index (χ2n) is 9.57. The number of hydrogen-bond donors (Lipinski definition) is 5. The summed E-state index contributed by atoms with van der Waals surface area (Å²) in [4.78, 5) is 32.1. The maximum Gasteiger partial charge on any atom is 0.410 e. The van der Waals surface area contributed by atoms with Crippen LogP contribution in [0.25, 0.3) is 0 Å². The number of aromatic nitrogens is 3. The lowest BCUT2D eigenvalue weighted by atomic mass is 9.92. The molecule has 0 aliphatic carbocycles. The highest BCUT2D eigenvalue weighted by Crippen LogP contribution is 2.39. The van der Waals surface area contributed by atoms with Crippen molar-refractivity contribution in [2.24, 2.45) is 0 Å². The van der Waals surface area contributed by atoms with Crippen molar-refractivity contribution in [3.05, 3.63) is 11.9 Å². The zero-order valence-corrected chi connectivity index (χ0v) is 19.8. The number of carbonyl (C=O) groups excluding carboxylic acids is 1. The summed E-state index contributed by atoms with van der Waals surface area (Å²) < 4.78 is 23.9. The highest BCUT2D eigenvalue weighted by atomic mass is 31.2. The first-order valence-corrected chi connectivity index (χ1v) is 12.7. The number of aliphatic hydroxyl groups excluding tert-OH is 3. The van der Waals surface area contributed by atoms with Crippen LogP contribution >= 0.6 is 7.60 Å². The lowest BCUT2D eigenvalue weighted by Crippen LogP contribution is -2.54. The van der Waals surface area contributed by atoms with Crippen LogP contribution < -0.4 is 0 Å². The number of ether oxygens (including phenoxy) is 2. The third kappa shape index (κ3) is 6.72. The fraction of sp³-hybridized carbons (Fsp3) is 0.842. The van der Waals surface area contributed by atoms with Gasteiger partial charge in [-0.15, -0.1) is 5.10 Å². The van der Waals surface area contributed by atoms with E-state index in [9.17, 15) is 24.7 Å². The van der Waals surface area contributed by atoms with E-state index < -0.39 is 49.9 Å². The highest BCUT2D eigenvalue weighted by Gasteiger charge is 2.45. The lowest BCUT2D eigenvalue weighted by molar-refractivity contribution is -0.225. The molecule has 5 N–H and O–H groups in total. The molecule has 2 saturated heterocycles. The molecule has 0 bridgehead atoms. The first kappa shape index (κ1) is 26.0. The summed E-state index contributed by atoms with van der Waals surface area (Å²) in [5.74, 6) is 0. The zero-order valence-electron chi connectivity index (χ0n) is 18.9. The number of carbonyl (C=O) groups is 1. The van der Waals surface area contributed by atoms with Crippen molar-refractivity contribution < 1.29 is 43.9 Å². The molecule has 0 radical (unpaired) electrons. The van der Waals surface area contributed by atoms with E-state index >= 15 is 0 Å². The van der Waals surface area contributed by atoms with Gasteiger partial charge in [0, 0.05) is 13.1 Å². The summed E-state index contributed by atoms with van der Waals surface area (Å²) in [6, 6.07) is -0.0494. The Morgan fingerprint density at radius 1 is 1.18 bits per heavy atom. The topological polar surface area (TPSA) is 188 Å². The van der Waals surface area contributed by atoms with E-state index in [0.29, 0.717) is 25.9 Å². The molecule has 0 unspecified atom stereocenters. The van der Waals surface area contributed by atoms with Gasteiger partial charge in [0.15, 0.2) is 0 Å². The fourth-order valence-corrected chi connectivity index (χ4v) is 4.56. The summed E-state index contributed by atoms with van der Waals surface area (Å²) in [5, 5.41) is 38.9.